The van der Waals surface area contributed by atoms with Gasteiger partial charge in [-0.15, -0.1) is 0 Å². The van der Waals surface area contributed by atoms with Crippen LogP contribution in [0.1, 0.15) is 18.0 Å². The van der Waals surface area contributed by atoms with Gasteiger partial charge >= 0.3 is 5.69 Å². The molecule has 1 atom stereocenters. The van der Waals surface area contributed by atoms with Crippen molar-refractivity contribution in [3.63, 3.8) is 0 Å². The van der Waals surface area contributed by atoms with Crippen molar-refractivity contribution in [2.24, 2.45) is 0 Å². The molecule has 134 valence electrons. The van der Waals surface area contributed by atoms with E-state index in [2.05, 4.69) is 9.97 Å². The molecule has 3 heterocycles. The lowest BCUT2D eigenvalue weighted by Gasteiger charge is -2.17. The third-order valence-electron chi connectivity index (χ3n) is 4.71. The molecule has 7 nitrogen and oxygen atoms in total. The molecule has 1 saturated heterocycles. The molecule has 1 amide bonds. The number of hydrogen-bond donors (Lipinski definition) is 1. The summed E-state index contributed by atoms with van der Waals surface area (Å²) in [6, 6.07) is 11.2. The average molecular weight is 352 g/mol. The number of carbonyl (C=O) groups excluding carboxylic acids is 1. The highest BCUT2D eigenvalue weighted by Crippen LogP contribution is 2.23. The number of ether oxygens (including phenoxy) is 1. The van der Waals surface area contributed by atoms with E-state index in [1.54, 1.807) is 21.7 Å². The number of rotatable bonds is 4. The summed E-state index contributed by atoms with van der Waals surface area (Å²) in [6.45, 7) is 3.07. The van der Waals surface area contributed by atoms with Gasteiger partial charge in [0.2, 0.25) is 0 Å². The maximum Gasteiger partial charge on any atom is 0.327 e. The van der Waals surface area contributed by atoms with Gasteiger partial charge in [-0.05, 0) is 43.2 Å². The monoisotopic (exact) mass is 352 g/mol. The Kier molecular flexibility index (Phi) is 4.20. The van der Waals surface area contributed by atoms with E-state index in [0.29, 0.717) is 30.0 Å². The van der Waals surface area contributed by atoms with Gasteiger partial charge < -0.3 is 14.6 Å². The molecule has 4 rings (SSSR count). The minimum absolute atomic E-state index is 0.00277. The van der Waals surface area contributed by atoms with Gasteiger partial charge in [-0.3, -0.25) is 9.36 Å². The first-order chi connectivity index (χ1) is 12.6. The Morgan fingerprint density at radius 1 is 1.35 bits per heavy atom. The Bertz CT molecular complexity index is 1010. The van der Waals surface area contributed by atoms with Crippen molar-refractivity contribution in [1.29, 1.82) is 0 Å². The van der Waals surface area contributed by atoms with Crippen LogP contribution in [0.2, 0.25) is 0 Å². The second-order valence-corrected chi connectivity index (χ2v) is 6.56. The van der Waals surface area contributed by atoms with Crippen molar-refractivity contribution in [2.45, 2.75) is 19.4 Å². The smallest absolute Gasteiger partial charge is 0.327 e. The van der Waals surface area contributed by atoms with Crippen molar-refractivity contribution in [1.82, 2.24) is 19.4 Å². The fraction of sp³-hybridized carbons (Fsp3) is 0.316. The summed E-state index contributed by atoms with van der Waals surface area (Å²) >= 11 is 0. The number of amides is 1. The van der Waals surface area contributed by atoms with Crippen LogP contribution in [0, 0.1) is 6.92 Å². The summed E-state index contributed by atoms with van der Waals surface area (Å²) < 4.78 is 7.26. The van der Waals surface area contributed by atoms with Crippen LogP contribution in [0.3, 0.4) is 0 Å². The molecule has 0 unspecified atom stereocenters. The summed E-state index contributed by atoms with van der Waals surface area (Å²) in [5.41, 5.74) is 2.24. The Balaban J connectivity index is 1.44. The van der Waals surface area contributed by atoms with Gasteiger partial charge in [0.15, 0.2) is 12.3 Å². The summed E-state index contributed by atoms with van der Waals surface area (Å²) in [5.74, 6) is 0.612. The van der Waals surface area contributed by atoms with Gasteiger partial charge in [0.25, 0.3) is 5.91 Å². The van der Waals surface area contributed by atoms with Gasteiger partial charge in [-0.25, -0.2) is 9.78 Å². The molecular formula is C19H20N4O3. The van der Waals surface area contributed by atoms with Crippen molar-refractivity contribution in [2.75, 3.05) is 19.7 Å². The lowest BCUT2D eigenvalue weighted by atomic mass is 10.2. The molecule has 1 aromatic carbocycles. The maximum atomic E-state index is 12.5. The van der Waals surface area contributed by atoms with E-state index in [0.717, 1.165) is 12.0 Å². The number of aryl methyl sites for hydroxylation is 1. The predicted octanol–water partition coefficient (Wildman–Crippen LogP) is 1.89. The zero-order chi connectivity index (χ0) is 18.1. The third-order valence-corrected chi connectivity index (χ3v) is 4.71. The highest BCUT2D eigenvalue weighted by Gasteiger charge is 2.30. The van der Waals surface area contributed by atoms with Crippen molar-refractivity contribution < 1.29 is 9.53 Å². The SMILES string of the molecule is Cc1cccc(OCC(=O)N2CC[C@@H](n3c(=O)[nH]c4cccnc43)C2)c1. The first-order valence-corrected chi connectivity index (χ1v) is 8.64. The second kappa shape index (κ2) is 6.67. The normalized spacial score (nSPS) is 17.0. The van der Waals surface area contributed by atoms with Crippen LogP contribution in [-0.2, 0) is 4.79 Å². The number of pyridine rings is 1. The Labute approximate surface area is 150 Å². The minimum atomic E-state index is -0.186. The fourth-order valence-electron chi connectivity index (χ4n) is 3.42. The maximum absolute atomic E-state index is 12.5. The molecule has 1 fully saturated rings. The van der Waals surface area contributed by atoms with Crippen LogP contribution in [0.15, 0.2) is 47.4 Å². The van der Waals surface area contributed by atoms with Crippen LogP contribution >= 0.6 is 0 Å². The van der Waals surface area contributed by atoms with Crippen molar-refractivity contribution in [3.05, 3.63) is 58.6 Å². The van der Waals surface area contributed by atoms with Gasteiger partial charge in [0, 0.05) is 19.3 Å². The molecule has 1 aliphatic heterocycles. The first kappa shape index (κ1) is 16.4. The molecule has 0 aliphatic carbocycles. The van der Waals surface area contributed by atoms with Crippen LogP contribution in [0.4, 0.5) is 0 Å². The molecule has 7 heteroatoms. The molecule has 0 bridgehead atoms. The zero-order valence-electron chi connectivity index (χ0n) is 14.5. The van der Waals surface area contributed by atoms with E-state index < -0.39 is 0 Å². The number of fused-ring (bicyclic) bond motifs is 1. The van der Waals surface area contributed by atoms with E-state index in [9.17, 15) is 9.59 Å². The quantitative estimate of drug-likeness (QED) is 0.777. The number of carbonyl (C=O) groups is 1. The second-order valence-electron chi connectivity index (χ2n) is 6.56. The van der Waals surface area contributed by atoms with Crippen LogP contribution < -0.4 is 10.4 Å². The number of aromatic nitrogens is 3. The Morgan fingerprint density at radius 2 is 2.23 bits per heavy atom. The van der Waals surface area contributed by atoms with Crippen molar-refractivity contribution in [3.8, 4) is 5.75 Å². The van der Waals surface area contributed by atoms with Crippen molar-refractivity contribution >= 4 is 17.1 Å². The molecule has 0 spiro atoms. The van der Waals surface area contributed by atoms with Gasteiger partial charge in [0.05, 0.1) is 11.6 Å². The number of aromatic amines is 1. The summed E-state index contributed by atoms with van der Waals surface area (Å²) in [6.07, 6.45) is 2.39. The van der Waals surface area contributed by atoms with Crippen LogP contribution in [0.5, 0.6) is 5.75 Å². The van der Waals surface area contributed by atoms with Gasteiger partial charge in [-0.2, -0.15) is 0 Å². The van der Waals surface area contributed by atoms with E-state index in [1.165, 1.54) is 0 Å². The number of nitrogens with one attached hydrogen (secondary N) is 1. The lowest BCUT2D eigenvalue weighted by molar-refractivity contribution is -0.132. The summed E-state index contributed by atoms with van der Waals surface area (Å²) in [7, 11) is 0. The summed E-state index contributed by atoms with van der Waals surface area (Å²) in [4.78, 5) is 33.6. The van der Waals surface area contributed by atoms with Gasteiger partial charge in [0.1, 0.15) is 5.75 Å². The molecule has 0 saturated carbocycles. The van der Waals surface area contributed by atoms with Crippen LogP contribution in [-0.4, -0.2) is 45.0 Å². The number of nitrogens with zero attached hydrogens (tertiary/aromatic N) is 3. The highest BCUT2D eigenvalue weighted by atomic mass is 16.5. The van der Waals surface area contributed by atoms with Crippen LogP contribution in [0.25, 0.3) is 11.2 Å². The number of H-pyrrole nitrogens is 1. The lowest BCUT2D eigenvalue weighted by Crippen LogP contribution is -2.34. The van der Waals surface area contributed by atoms with Gasteiger partial charge in [-0.1, -0.05) is 12.1 Å². The highest BCUT2D eigenvalue weighted by molar-refractivity contribution is 5.78. The molecular weight excluding hydrogens is 332 g/mol. The topological polar surface area (TPSA) is 80.2 Å². The van der Waals surface area contributed by atoms with E-state index >= 15 is 0 Å². The third kappa shape index (κ3) is 3.08. The molecule has 26 heavy (non-hydrogen) atoms. The summed E-state index contributed by atoms with van der Waals surface area (Å²) in [5, 5.41) is 0. The largest absolute Gasteiger partial charge is 0.484 e. The Hall–Kier alpha value is -3.09. The minimum Gasteiger partial charge on any atom is -0.484 e. The number of benzene rings is 1. The van der Waals surface area contributed by atoms with E-state index in [1.807, 2.05) is 37.3 Å². The van der Waals surface area contributed by atoms with E-state index in [-0.39, 0.29) is 24.2 Å². The molecule has 1 aliphatic rings. The Morgan fingerprint density at radius 3 is 3.08 bits per heavy atom. The fourth-order valence-corrected chi connectivity index (χ4v) is 3.42. The molecule has 2 aromatic heterocycles. The van der Waals surface area contributed by atoms with E-state index in [4.69, 9.17) is 4.74 Å². The number of imidazole rings is 1. The number of hydrogen-bond acceptors (Lipinski definition) is 4. The molecule has 1 N–H and O–H groups in total. The predicted molar refractivity (Wildman–Crippen MR) is 97.3 cm³/mol. The average Bonchev–Trinajstić information content (AvgIpc) is 3.23. The zero-order valence-corrected chi connectivity index (χ0v) is 14.5. The molecule has 3 aromatic rings. The first-order valence-electron chi connectivity index (χ1n) is 8.64. The number of likely N-dealkylation sites (tertiary alicyclic amines) is 1. The molecule has 0 radical (unpaired) electrons. The standard InChI is InChI=1S/C19H20N4O3/c1-13-4-2-5-15(10-13)26-12-17(24)22-9-7-14(11-22)23-18-16(21-19(23)25)6-3-8-20-18/h2-6,8,10,14H,7,9,11-12H2,1H3,(H,21,25)/t14-/m1/s1.